The van der Waals surface area contributed by atoms with Crippen molar-refractivity contribution in [2.75, 3.05) is 13.2 Å². The molecule has 0 aromatic heterocycles. The lowest BCUT2D eigenvalue weighted by Crippen LogP contribution is -2.43. The fourth-order valence-corrected chi connectivity index (χ4v) is 2.16. The second-order valence-corrected chi connectivity index (χ2v) is 3.83. The number of hydrogen-bond acceptors (Lipinski definition) is 3. The van der Waals surface area contributed by atoms with Crippen LogP contribution in [0.5, 0.6) is 0 Å². The fraction of sp³-hybridized carbons (Fsp3) is 0.889. The molecule has 1 amide bonds. The van der Waals surface area contributed by atoms with Crippen molar-refractivity contribution in [3.8, 4) is 0 Å². The van der Waals surface area contributed by atoms with Gasteiger partial charge >= 0.3 is 6.09 Å². The maximum atomic E-state index is 10.4. The van der Waals surface area contributed by atoms with Gasteiger partial charge in [0.25, 0.3) is 0 Å². The lowest BCUT2D eigenvalue weighted by Gasteiger charge is -2.35. The predicted molar refractivity (Wildman–Crippen MR) is 48.1 cm³/mol. The first-order chi connectivity index (χ1) is 6.70. The molecular formula is C9H15NO4. The van der Waals surface area contributed by atoms with E-state index in [2.05, 4.69) is 5.32 Å². The van der Waals surface area contributed by atoms with E-state index in [1.54, 1.807) is 0 Å². The third kappa shape index (κ3) is 1.99. The number of carbonyl (C=O) groups is 1. The molecule has 0 radical (unpaired) electrons. The molecule has 80 valence electrons. The van der Waals surface area contributed by atoms with Gasteiger partial charge in [0.15, 0.2) is 5.79 Å². The van der Waals surface area contributed by atoms with Gasteiger partial charge in [0.1, 0.15) is 0 Å². The molecule has 0 bridgehead atoms. The molecular weight excluding hydrogens is 186 g/mol. The van der Waals surface area contributed by atoms with Gasteiger partial charge in [-0.2, -0.15) is 0 Å². The maximum absolute atomic E-state index is 10.4. The van der Waals surface area contributed by atoms with Crippen LogP contribution in [0.15, 0.2) is 0 Å². The Bertz CT molecular complexity index is 215. The number of rotatable bonds is 1. The summed E-state index contributed by atoms with van der Waals surface area (Å²) in [5.74, 6) is -0.392. The van der Waals surface area contributed by atoms with Crippen LogP contribution < -0.4 is 5.32 Å². The molecule has 14 heavy (non-hydrogen) atoms. The van der Waals surface area contributed by atoms with Gasteiger partial charge in [-0.3, -0.25) is 0 Å². The zero-order valence-corrected chi connectivity index (χ0v) is 7.99. The molecule has 2 N–H and O–H groups in total. The van der Waals surface area contributed by atoms with Crippen molar-refractivity contribution in [2.24, 2.45) is 0 Å². The Morgan fingerprint density at radius 3 is 2.36 bits per heavy atom. The van der Waals surface area contributed by atoms with Gasteiger partial charge in [0, 0.05) is 18.9 Å². The van der Waals surface area contributed by atoms with Crippen molar-refractivity contribution in [2.45, 2.75) is 37.5 Å². The van der Waals surface area contributed by atoms with Crippen molar-refractivity contribution in [3.63, 3.8) is 0 Å². The normalized spacial score (nSPS) is 26.6. The lowest BCUT2D eigenvalue weighted by atomic mass is 9.90. The van der Waals surface area contributed by atoms with Crippen molar-refractivity contribution in [1.29, 1.82) is 0 Å². The number of ether oxygens (including phenoxy) is 2. The predicted octanol–water partition coefficient (Wildman–Crippen LogP) is 0.940. The zero-order chi connectivity index (χ0) is 10.0. The van der Waals surface area contributed by atoms with Gasteiger partial charge in [0.05, 0.1) is 13.2 Å². The molecule has 0 unspecified atom stereocenters. The molecule has 0 aromatic rings. The monoisotopic (exact) mass is 201 g/mol. The van der Waals surface area contributed by atoms with Gasteiger partial charge < -0.3 is 19.9 Å². The van der Waals surface area contributed by atoms with Crippen LogP contribution in [-0.2, 0) is 9.47 Å². The van der Waals surface area contributed by atoms with E-state index < -0.39 is 11.9 Å². The lowest BCUT2D eigenvalue weighted by molar-refractivity contribution is -0.179. The van der Waals surface area contributed by atoms with E-state index in [4.69, 9.17) is 14.6 Å². The zero-order valence-electron chi connectivity index (χ0n) is 7.99. The van der Waals surface area contributed by atoms with Gasteiger partial charge in [-0.15, -0.1) is 0 Å². The standard InChI is InChI=1S/C9H15NO4/c11-8(12)10-7-1-3-9(4-2-7)13-5-6-14-9/h7,10H,1-6H2,(H,11,12). The fourth-order valence-electron chi connectivity index (χ4n) is 2.16. The smallest absolute Gasteiger partial charge is 0.404 e. The molecule has 1 heterocycles. The molecule has 2 rings (SSSR count). The minimum absolute atomic E-state index is 0.0610. The summed E-state index contributed by atoms with van der Waals surface area (Å²) < 4.78 is 11.1. The van der Waals surface area contributed by atoms with E-state index in [0.29, 0.717) is 13.2 Å². The first kappa shape index (κ1) is 9.73. The minimum Gasteiger partial charge on any atom is -0.465 e. The summed E-state index contributed by atoms with van der Waals surface area (Å²) in [4.78, 5) is 10.4. The number of carboxylic acid groups (broad SMARTS) is 1. The first-order valence-corrected chi connectivity index (χ1v) is 4.98. The summed E-state index contributed by atoms with van der Waals surface area (Å²) in [7, 11) is 0. The van der Waals surface area contributed by atoms with Crippen LogP contribution in [0.1, 0.15) is 25.7 Å². The highest BCUT2D eigenvalue weighted by atomic mass is 16.7. The average molecular weight is 201 g/mol. The van der Waals surface area contributed by atoms with Crippen LogP contribution in [0.3, 0.4) is 0 Å². The number of amides is 1. The van der Waals surface area contributed by atoms with Gasteiger partial charge in [0.2, 0.25) is 0 Å². The third-order valence-electron chi connectivity index (χ3n) is 2.89. The quantitative estimate of drug-likeness (QED) is 0.662. The molecule has 2 fully saturated rings. The Balaban J connectivity index is 1.82. The summed E-state index contributed by atoms with van der Waals surface area (Å²) >= 11 is 0. The molecule has 2 aliphatic rings. The van der Waals surface area contributed by atoms with Crippen LogP contribution in [0, 0.1) is 0 Å². The average Bonchev–Trinajstić information content (AvgIpc) is 2.58. The van der Waals surface area contributed by atoms with E-state index in [1.807, 2.05) is 0 Å². The highest BCUT2D eigenvalue weighted by Crippen LogP contribution is 2.35. The van der Waals surface area contributed by atoms with Gasteiger partial charge in [-0.05, 0) is 12.8 Å². The summed E-state index contributed by atoms with van der Waals surface area (Å²) in [6.45, 7) is 1.33. The highest BCUT2D eigenvalue weighted by molar-refractivity contribution is 5.64. The highest BCUT2D eigenvalue weighted by Gasteiger charge is 2.40. The van der Waals surface area contributed by atoms with Gasteiger partial charge in [-0.1, -0.05) is 0 Å². The summed E-state index contributed by atoms with van der Waals surface area (Å²) in [5, 5.41) is 11.0. The molecule has 5 nitrogen and oxygen atoms in total. The Morgan fingerprint density at radius 2 is 1.86 bits per heavy atom. The van der Waals surface area contributed by atoms with Crippen molar-refractivity contribution in [1.82, 2.24) is 5.32 Å². The largest absolute Gasteiger partial charge is 0.465 e. The van der Waals surface area contributed by atoms with Gasteiger partial charge in [-0.25, -0.2) is 4.79 Å². The number of nitrogens with one attached hydrogen (secondary N) is 1. The van der Waals surface area contributed by atoms with Crippen LogP contribution in [0.2, 0.25) is 0 Å². The first-order valence-electron chi connectivity index (χ1n) is 4.98. The molecule has 5 heteroatoms. The van der Waals surface area contributed by atoms with Crippen molar-refractivity contribution >= 4 is 6.09 Å². The molecule has 1 aliphatic heterocycles. The second-order valence-electron chi connectivity index (χ2n) is 3.83. The Morgan fingerprint density at radius 1 is 1.29 bits per heavy atom. The Kier molecular flexibility index (Phi) is 2.60. The van der Waals surface area contributed by atoms with Crippen LogP contribution >= 0.6 is 0 Å². The SMILES string of the molecule is O=C(O)NC1CCC2(CC1)OCCO2. The second kappa shape index (κ2) is 3.74. The van der Waals surface area contributed by atoms with E-state index in [-0.39, 0.29) is 6.04 Å². The van der Waals surface area contributed by atoms with E-state index in [9.17, 15) is 4.79 Å². The molecule has 1 saturated carbocycles. The summed E-state index contributed by atoms with van der Waals surface area (Å²) in [6, 6.07) is 0.0610. The number of hydrogen-bond donors (Lipinski definition) is 2. The third-order valence-corrected chi connectivity index (χ3v) is 2.89. The molecule has 0 aromatic carbocycles. The van der Waals surface area contributed by atoms with Crippen molar-refractivity contribution in [3.05, 3.63) is 0 Å². The van der Waals surface area contributed by atoms with Crippen LogP contribution in [0.25, 0.3) is 0 Å². The van der Waals surface area contributed by atoms with E-state index in [1.165, 1.54) is 0 Å². The topological polar surface area (TPSA) is 67.8 Å². The van der Waals surface area contributed by atoms with Crippen LogP contribution in [-0.4, -0.2) is 36.2 Å². The maximum Gasteiger partial charge on any atom is 0.404 e. The summed E-state index contributed by atoms with van der Waals surface area (Å²) in [6.07, 6.45) is 2.23. The molecule has 0 atom stereocenters. The molecule has 1 aliphatic carbocycles. The van der Waals surface area contributed by atoms with E-state index in [0.717, 1.165) is 25.7 Å². The Labute approximate surface area is 82.4 Å². The molecule has 1 saturated heterocycles. The van der Waals surface area contributed by atoms with E-state index >= 15 is 0 Å². The van der Waals surface area contributed by atoms with Crippen molar-refractivity contribution < 1.29 is 19.4 Å². The molecule has 1 spiro atoms. The minimum atomic E-state index is -0.945. The van der Waals surface area contributed by atoms with Crippen LogP contribution in [0.4, 0.5) is 4.79 Å². The summed E-state index contributed by atoms with van der Waals surface area (Å²) in [5.41, 5.74) is 0. The Hall–Kier alpha value is -0.810.